The number of esters is 1. The van der Waals surface area contributed by atoms with Gasteiger partial charge in [0.2, 0.25) is 5.95 Å². The number of rotatable bonds is 6. The van der Waals surface area contributed by atoms with Gasteiger partial charge in [-0.05, 0) is 49.9 Å². The lowest BCUT2D eigenvalue weighted by Gasteiger charge is -2.25. The van der Waals surface area contributed by atoms with Crippen molar-refractivity contribution < 1.29 is 36.6 Å². The van der Waals surface area contributed by atoms with Crippen LogP contribution in [0.25, 0.3) is 0 Å². The molecule has 42 heavy (non-hydrogen) atoms. The number of halogens is 3. The first-order valence-corrected chi connectivity index (χ1v) is 14.8. The van der Waals surface area contributed by atoms with Gasteiger partial charge in [0.1, 0.15) is 23.1 Å². The van der Waals surface area contributed by atoms with Crippen LogP contribution in [-0.2, 0) is 19.6 Å². The lowest BCUT2D eigenvalue weighted by molar-refractivity contribution is -0.147. The van der Waals surface area contributed by atoms with Crippen LogP contribution in [0.2, 0.25) is 5.02 Å². The van der Waals surface area contributed by atoms with E-state index in [9.17, 15) is 22.7 Å². The molecule has 1 atom stereocenters. The standard InChI is InChI=1S/C28H25ClF2N4O6S/c1-15(36)41-24-14-40-27-21(24)10-17(29)11-25(27)42(38,39)35-23-9-8-22(30)20(26(23)31)7-2-16-12-32-28(33-13-16)34-18-3-5-19(37)6-4-18/h8-13,18-19,24,35,37H,3-6,14H2,1H3,(H,32,33,34)/t18-,19-,24?. The largest absolute Gasteiger partial charge is 0.487 e. The minimum atomic E-state index is -4.50. The second-order valence-corrected chi connectivity index (χ2v) is 11.9. The van der Waals surface area contributed by atoms with Crippen molar-refractivity contribution in [2.75, 3.05) is 16.6 Å². The fourth-order valence-electron chi connectivity index (χ4n) is 4.68. The number of ether oxygens (including phenoxy) is 2. The molecule has 0 bridgehead atoms. The number of aromatic nitrogens is 2. The van der Waals surface area contributed by atoms with Crippen LogP contribution >= 0.6 is 11.6 Å². The van der Waals surface area contributed by atoms with Crippen LogP contribution in [0.5, 0.6) is 5.75 Å². The van der Waals surface area contributed by atoms with Crippen LogP contribution in [0.1, 0.15) is 55.4 Å². The summed E-state index contributed by atoms with van der Waals surface area (Å²) in [6.07, 6.45) is 4.59. The molecule has 1 fully saturated rings. The number of sulfonamides is 1. The number of nitrogens with zero attached hydrogens (tertiary/aromatic N) is 2. The minimum absolute atomic E-state index is 0.0175. The van der Waals surface area contributed by atoms with Crippen molar-refractivity contribution in [3.8, 4) is 17.6 Å². The van der Waals surface area contributed by atoms with Crippen molar-refractivity contribution in [3.63, 3.8) is 0 Å². The molecule has 220 valence electrons. The van der Waals surface area contributed by atoms with Crippen LogP contribution in [-0.4, -0.2) is 48.2 Å². The van der Waals surface area contributed by atoms with Gasteiger partial charge in [0, 0.05) is 35.9 Å². The summed E-state index contributed by atoms with van der Waals surface area (Å²) >= 11 is 6.13. The van der Waals surface area contributed by atoms with Gasteiger partial charge in [-0.15, -0.1) is 0 Å². The Balaban J connectivity index is 1.36. The number of anilines is 2. The zero-order valence-electron chi connectivity index (χ0n) is 22.2. The first kappa shape index (κ1) is 29.5. The van der Waals surface area contributed by atoms with Gasteiger partial charge in [-0.1, -0.05) is 23.4 Å². The zero-order valence-corrected chi connectivity index (χ0v) is 23.7. The molecule has 0 amide bonds. The smallest absolute Gasteiger partial charge is 0.303 e. The number of aliphatic hydroxyl groups excluding tert-OH is 1. The molecule has 14 heteroatoms. The van der Waals surface area contributed by atoms with Crippen molar-refractivity contribution in [1.29, 1.82) is 0 Å². The van der Waals surface area contributed by atoms with Crippen molar-refractivity contribution in [2.24, 2.45) is 0 Å². The Kier molecular flexibility index (Phi) is 8.49. The molecule has 3 N–H and O–H groups in total. The minimum Gasteiger partial charge on any atom is -0.487 e. The van der Waals surface area contributed by atoms with Gasteiger partial charge < -0.3 is 19.9 Å². The summed E-state index contributed by atoms with van der Waals surface area (Å²) in [7, 11) is -4.50. The van der Waals surface area contributed by atoms with E-state index in [-0.39, 0.29) is 40.7 Å². The van der Waals surface area contributed by atoms with Gasteiger partial charge in [0.05, 0.1) is 22.9 Å². The molecule has 2 heterocycles. The Labute approximate surface area is 245 Å². The van der Waals surface area contributed by atoms with Crippen LogP contribution in [0.15, 0.2) is 41.6 Å². The molecule has 10 nitrogen and oxygen atoms in total. The monoisotopic (exact) mass is 618 g/mol. The fraction of sp³-hybridized carbons (Fsp3) is 0.321. The molecule has 2 aromatic carbocycles. The first-order chi connectivity index (χ1) is 20.0. The van der Waals surface area contributed by atoms with Gasteiger partial charge in [0.15, 0.2) is 11.9 Å². The van der Waals surface area contributed by atoms with Crippen molar-refractivity contribution in [2.45, 2.75) is 55.8 Å². The fourth-order valence-corrected chi connectivity index (χ4v) is 6.23. The second kappa shape index (κ2) is 12.1. The molecular formula is C28H25ClF2N4O6S. The quantitative estimate of drug-likeness (QED) is 0.272. The van der Waals surface area contributed by atoms with E-state index in [0.29, 0.717) is 18.8 Å². The number of fused-ring (bicyclic) bond motifs is 1. The third kappa shape index (κ3) is 6.56. The summed E-state index contributed by atoms with van der Waals surface area (Å²) in [5.41, 5.74) is -0.707. The highest BCUT2D eigenvalue weighted by atomic mass is 35.5. The Bertz CT molecular complexity index is 1690. The summed E-state index contributed by atoms with van der Waals surface area (Å²) in [6, 6.07) is 4.46. The van der Waals surface area contributed by atoms with Crippen LogP contribution < -0.4 is 14.8 Å². The van der Waals surface area contributed by atoms with Gasteiger partial charge in [-0.3, -0.25) is 9.52 Å². The van der Waals surface area contributed by atoms with Crippen molar-refractivity contribution in [3.05, 3.63) is 70.0 Å². The zero-order chi connectivity index (χ0) is 30.0. The number of hydrogen-bond donors (Lipinski definition) is 3. The molecule has 0 radical (unpaired) electrons. The van der Waals surface area contributed by atoms with E-state index in [1.54, 1.807) is 0 Å². The highest BCUT2D eigenvalue weighted by Gasteiger charge is 2.34. The normalized spacial score (nSPS) is 19.6. The van der Waals surface area contributed by atoms with Crippen LogP contribution in [0.3, 0.4) is 0 Å². The molecule has 0 spiro atoms. The van der Waals surface area contributed by atoms with Gasteiger partial charge >= 0.3 is 5.97 Å². The number of carbonyl (C=O) groups is 1. The summed E-state index contributed by atoms with van der Waals surface area (Å²) in [4.78, 5) is 19.4. The SMILES string of the molecule is CC(=O)OC1COc2c1cc(Cl)cc2S(=O)(=O)Nc1ccc(F)c(C#Cc2cnc(N[C@H]3CC[C@H](O)CC3)nc2)c1F. The van der Waals surface area contributed by atoms with Crippen LogP contribution in [0, 0.1) is 23.5 Å². The molecule has 1 aromatic heterocycles. The van der Waals surface area contributed by atoms with Gasteiger partial charge in [0.25, 0.3) is 10.0 Å². The summed E-state index contributed by atoms with van der Waals surface area (Å²) in [5.74, 6) is 2.41. The van der Waals surface area contributed by atoms with E-state index in [0.717, 1.165) is 31.0 Å². The predicted molar refractivity (Wildman–Crippen MR) is 149 cm³/mol. The number of nitrogens with one attached hydrogen (secondary N) is 2. The predicted octanol–water partition coefficient (Wildman–Crippen LogP) is 4.32. The summed E-state index contributed by atoms with van der Waals surface area (Å²) in [5, 5.41) is 12.8. The molecule has 3 aromatic rings. The molecule has 0 saturated heterocycles. The van der Waals surface area contributed by atoms with Gasteiger partial charge in [-0.25, -0.2) is 27.2 Å². The molecule has 5 rings (SSSR count). The maximum absolute atomic E-state index is 15.3. The van der Waals surface area contributed by atoms with Gasteiger partial charge in [-0.2, -0.15) is 0 Å². The Hall–Kier alpha value is -3.99. The Morgan fingerprint density at radius 3 is 2.55 bits per heavy atom. The molecule has 1 saturated carbocycles. The van der Waals surface area contributed by atoms with E-state index in [1.807, 2.05) is 0 Å². The van der Waals surface area contributed by atoms with E-state index < -0.39 is 49.9 Å². The highest BCUT2D eigenvalue weighted by molar-refractivity contribution is 7.92. The average Bonchev–Trinajstić information content (AvgIpc) is 3.33. The summed E-state index contributed by atoms with van der Waals surface area (Å²) < 4.78 is 69.2. The maximum atomic E-state index is 15.3. The molecule has 2 aliphatic rings. The Morgan fingerprint density at radius 1 is 1.14 bits per heavy atom. The van der Waals surface area contributed by atoms with E-state index in [4.69, 9.17) is 21.1 Å². The lowest BCUT2D eigenvalue weighted by Crippen LogP contribution is -2.28. The van der Waals surface area contributed by atoms with E-state index in [1.165, 1.54) is 25.4 Å². The third-order valence-corrected chi connectivity index (χ3v) is 8.31. The summed E-state index contributed by atoms with van der Waals surface area (Å²) in [6.45, 7) is 1.07. The second-order valence-electron chi connectivity index (χ2n) is 9.82. The highest BCUT2D eigenvalue weighted by Crippen LogP contribution is 2.42. The van der Waals surface area contributed by atoms with Crippen molar-refractivity contribution in [1.82, 2.24) is 9.97 Å². The first-order valence-electron chi connectivity index (χ1n) is 12.9. The third-order valence-electron chi connectivity index (χ3n) is 6.72. The number of aliphatic hydroxyl groups is 1. The maximum Gasteiger partial charge on any atom is 0.303 e. The van der Waals surface area contributed by atoms with E-state index in [2.05, 4.69) is 31.8 Å². The molecule has 1 unspecified atom stereocenters. The number of hydrogen-bond acceptors (Lipinski definition) is 9. The topological polar surface area (TPSA) is 140 Å². The average molecular weight is 619 g/mol. The number of benzene rings is 2. The van der Waals surface area contributed by atoms with E-state index >= 15 is 4.39 Å². The molecule has 1 aliphatic heterocycles. The van der Waals surface area contributed by atoms with Crippen molar-refractivity contribution >= 4 is 39.2 Å². The molecule has 1 aliphatic carbocycles. The number of carbonyl (C=O) groups excluding carboxylic acids is 1. The Morgan fingerprint density at radius 2 is 1.86 bits per heavy atom. The lowest BCUT2D eigenvalue weighted by atomic mass is 9.93. The molecular weight excluding hydrogens is 594 g/mol. The van der Waals surface area contributed by atoms with Crippen LogP contribution in [0.4, 0.5) is 20.4 Å².